The van der Waals surface area contributed by atoms with E-state index in [2.05, 4.69) is 15.7 Å². The van der Waals surface area contributed by atoms with Crippen LogP contribution in [0.5, 0.6) is 0 Å². The lowest BCUT2D eigenvalue weighted by Crippen LogP contribution is -2.48. The van der Waals surface area contributed by atoms with Crippen LogP contribution in [-0.2, 0) is 17.4 Å². The highest BCUT2D eigenvalue weighted by Gasteiger charge is 2.50. The summed E-state index contributed by atoms with van der Waals surface area (Å²) in [5.74, 6) is -0.710. The van der Waals surface area contributed by atoms with Crippen molar-refractivity contribution < 1.29 is 18.8 Å². The van der Waals surface area contributed by atoms with Crippen molar-refractivity contribution in [3.8, 4) is 0 Å². The number of hydrogen-bond acceptors (Lipinski definition) is 4. The maximum absolute atomic E-state index is 13.7. The Labute approximate surface area is 202 Å². The number of fused-ring (bicyclic) bond motifs is 1. The SMILES string of the molecule is CC(C)[C@]1(c2ccc(C(=O)N3CCC(c4nn(C)c5cc(F)ccc45)CC3)cc2)NC(=O)NC1=O. The van der Waals surface area contributed by atoms with Gasteiger partial charge in [-0.1, -0.05) is 26.0 Å². The van der Waals surface area contributed by atoms with Crippen molar-refractivity contribution in [1.82, 2.24) is 25.3 Å². The minimum absolute atomic E-state index is 0.0681. The molecule has 2 N–H and O–H groups in total. The van der Waals surface area contributed by atoms with Gasteiger partial charge in [0.05, 0.1) is 11.2 Å². The van der Waals surface area contributed by atoms with E-state index in [1.165, 1.54) is 12.1 Å². The third-order valence-electron chi connectivity index (χ3n) is 7.36. The maximum atomic E-state index is 13.7. The monoisotopic (exact) mass is 477 g/mol. The number of benzene rings is 2. The first-order chi connectivity index (χ1) is 16.7. The highest BCUT2D eigenvalue weighted by atomic mass is 19.1. The Bertz CT molecular complexity index is 1320. The summed E-state index contributed by atoms with van der Waals surface area (Å²) in [6, 6.07) is 11.1. The van der Waals surface area contributed by atoms with Gasteiger partial charge in [-0.2, -0.15) is 5.10 Å². The van der Waals surface area contributed by atoms with Gasteiger partial charge in [0.15, 0.2) is 0 Å². The van der Waals surface area contributed by atoms with Crippen LogP contribution in [0.25, 0.3) is 10.9 Å². The number of hydrogen-bond donors (Lipinski definition) is 2. The molecule has 182 valence electrons. The van der Waals surface area contributed by atoms with E-state index < -0.39 is 11.6 Å². The number of carbonyl (C=O) groups is 3. The fraction of sp³-hybridized carbons (Fsp3) is 0.385. The standard InChI is InChI=1S/C26H28FN5O3/c1-15(2)26(24(34)28-25(35)29-26)18-6-4-17(5-7-18)23(33)32-12-10-16(11-13-32)22-20-9-8-19(27)14-21(20)31(3)30-22/h4-9,14-16H,10-13H2,1-3H3,(H2,28,29,34,35)/t26-/m1/s1. The highest BCUT2D eigenvalue weighted by molar-refractivity contribution is 6.07. The van der Waals surface area contributed by atoms with Crippen molar-refractivity contribution in [2.24, 2.45) is 13.0 Å². The average Bonchev–Trinajstić information content (AvgIpc) is 3.34. The molecule has 2 fully saturated rings. The van der Waals surface area contributed by atoms with E-state index in [1.807, 2.05) is 25.8 Å². The topological polar surface area (TPSA) is 96.3 Å². The second-order valence-corrected chi connectivity index (χ2v) is 9.69. The van der Waals surface area contributed by atoms with Crippen LogP contribution in [0, 0.1) is 11.7 Å². The van der Waals surface area contributed by atoms with Crippen molar-refractivity contribution in [2.75, 3.05) is 13.1 Å². The van der Waals surface area contributed by atoms with Crippen molar-refractivity contribution in [2.45, 2.75) is 38.1 Å². The zero-order valence-corrected chi connectivity index (χ0v) is 20.0. The van der Waals surface area contributed by atoms with Gasteiger partial charge in [0.2, 0.25) is 0 Å². The Morgan fingerprint density at radius 3 is 2.40 bits per heavy atom. The summed E-state index contributed by atoms with van der Waals surface area (Å²) >= 11 is 0. The lowest BCUT2D eigenvalue weighted by molar-refractivity contribution is -0.125. The van der Waals surface area contributed by atoms with Crippen molar-refractivity contribution in [3.05, 3.63) is 65.1 Å². The van der Waals surface area contributed by atoms with Crippen molar-refractivity contribution in [1.29, 1.82) is 0 Å². The molecule has 2 aliphatic heterocycles. The Morgan fingerprint density at radius 1 is 1.11 bits per heavy atom. The number of nitrogens with zero attached hydrogens (tertiary/aromatic N) is 3. The predicted octanol–water partition coefficient (Wildman–Crippen LogP) is 3.42. The third-order valence-corrected chi connectivity index (χ3v) is 7.36. The summed E-state index contributed by atoms with van der Waals surface area (Å²) in [6.45, 7) is 4.93. The van der Waals surface area contributed by atoms with Crippen LogP contribution in [-0.4, -0.2) is 45.6 Å². The van der Waals surface area contributed by atoms with E-state index in [9.17, 15) is 18.8 Å². The molecule has 3 aromatic rings. The predicted molar refractivity (Wildman–Crippen MR) is 128 cm³/mol. The molecule has 9 heteroatoms. The van der Waals surface area contributed by atoms with Gasteiger partial charge in [-0.05, 0) is 54.7 Å². The van der Waals surface area contributed by atoms with Crippen molar-refractivity contribution in [3.63, 3.8) is 0 Å². The number of aromatic nitrogens is 2. The van der Waals surface area contributed by atoms with Gasteiger partial charge in [0.1, 0.15) is 11.4 Å². The summed E-state index contributed by atoms with van der Waals surface area (Å²) in [4.78, 5) is 39.4. The molecule has 0 bridgehead atoms. The molecule has 1 aromatic heterocycles. The van der Waals surface area contributed by atoms with Gasteiger partial charge in [0.25, 0.3) is 11.8 Å². The van der Waals surface area contributed by atoms with Crippen LogP contribution >= 0.6 is 0 Å². The second-order valence-electron chi connectivity index (χ2n) is 9.69. The van der Waals surface area contributed by atoms with E-state index in [1.54, 1.807) is 35.0 Å². The summed E-state index contributed by atoms with van der Waals surface area (Å²) in [7, 11) is 1.82. The number of amides is 4. The van der Waals surface area contributed by atoms with E-state index in [-0.39, 0.29) is 29.5 Å². The van der Waals surface area contributed by atoms with E-state index in [0.717, 1.165) is 29.4 Å². The number of carbonyl (C=O) groups excluding carboxylic acids is 3. The van der Waals surface area contributed by atoms with Gasteiger partial charge in [-0.15, -0.1) is 0 Å². The lowest BCUT2D eigenvalue weighted by Gasteiger charge is -2.32. The minimum Gasteiger partial charge on any atom is -0.339 e. The molecule has 35 heavy (non-hydrogen) atoms. The molecule has 2 aromatic carbocycles. The van der Waals surface area contributed by atoms with Gasteiger partial charge in [-0.3, -0.25) is 19.6 Å². The molecule has 2 saturated heterocycles. The molecular formula is C26H28FN5O3. The number of halogens is 1. The van der Waals surface area contributed by atoms with Crippen LogP contribution in [0.4, 0.5) is 9.18 Å². The Kier molecular flexibility index (Phi) is 5.57. The molecule has 0 spiro atoms. The van der Waals surface area contributed by atoms with Crippen LogP contribution in [0.15, 0.2) is 42.5 Å². The number of imide groups is 1. The normalized spacial score (nSPS) is 21.0. The molecular weight excluding hydrogens is 449 g/mol. The summed E-state index contributed by atoms with van der Waals surface area (Å²) in [5.41, 5.74) is 1.75. The fourth-order valence-corrected chi connectivity index (χ4v) is 5.39. The molecule has 8 nitrogen and oxygen atoms in total. The smallest absolute Gasteiger partial charge is 0.322 e. The number of aryl methyl sites for hydroxylation is 1. The first-order valence-electron chi connectivity index (χ1n) is 11.9. The molecule has 0 saturated carbocycles. The second kappa shape index (κ2) is 8.48. The van der Waals surface area contributed by atoms with Crippen LogP contribution in [0.2, 0.25) is 0 Å². The maximum Gasteiger partial charge on any atom is 0.322 e. The van der Waals surface area contributed by atoms with Gasteiger partial charge >= 0.3 is 6.03 Å². The quantitative estimate of drug-likeness (QED) is 0.563. The number of rotatable bonds is 4. The molecule has 4 amide bonds. The van der Waals surface area contributed by atoms with Crippen molar-refractivity contribution >= 4 is 28.7 Å². The number of urea groups is 1. The molecule has 0 unspecified atom stereocenters. The molecule has 3 heterocycles. The molecule has 0 aliphatic carbocycles. The Hall–Kier alpha value is -3.75. The fourth-order valence-electron chi connectivity index (χ4n) is 5.39. The third kappa shape index (κ3) is 3.75. The summed E-state index contributed by atoms with van der Waals surface area (Å²) in [5, 5.41) is 10.7. The van der Waals surface area contributed by atoms with Crippen LogP contribution in [0.1, 0.15) is 54.2 Å². The van der Waals surface area contributed by atoms with Gasteiger partial charge in [0, 0.05) is 37.0 Å². The first kappa shape index (κ1) is 23.0. The van der Waals surface area contributed by atoms with E-state index >= 15 is 0 Å². The number of likely N-dealkylation sites (tertiary alicyclic amines) is 1. The van der Waals surface area contributed by atoms with Gasteiger partial charge < -0.3 is 10.2 Å². The van der Waals surface area contributed by atoms with Crippen LogP contribution in [0.3, 0.4) is 0 Å². The molecule has 1 atom stereocenters. The largest absolute Gasteiger partial charge is 0.339 e. The average molecular weight is 478 g/mol. The van der Waals surface area contributed by atoms with E-state index in [0.29, 0.717) is 24.2 Å². The molecule has 5 rings (SSSR count). The Balaban J connectivity index is 1.30. The molecule has 0 radical (unpaired) electrons. The molecule has 2 aliphatic rings. The Morgan fingerprint density at radius 2 is 1.80 bits per heavy atom. The van der Waals surface area contributed by atoms with Gasteiger partial charge in [-0.25, -0.2) is 9.18 Å². The minimum atomic E-state index is -1.15. The number of nitrogens with one attached hydrogen (secondary N) is 2. The highest BCUT2D eigenvalue weighted by Crippen LogP contribution is 2.35. The first-order valence-corrected chi connectivity index (χ1v) is 11.9. The summed E-state index contributed by atoms with van der Waals surface area (Å²) in [6.07, 6.45) is 1.55. The zero-order chi connectivity index (χ0) is 24.9. The zero-order valence-electron chi connectivity index (χ0n) is 20.0. The summed E-state index contributed by atoms with van der Waals surface area (Å²) < 4.78 is 15.4. The van der Waals surface area contributed by atoms with Crippen LogP contribution < -0.4 is 10.6 Å². The van der Waals surface area contributed by atoms with E-state index in [4.69, 9.17) is 0 Å². The lowest BCUT2D eigenvalue weighted by atomic mass is 9.79. The number of piperidine rings is 1.